The molecule has 34 heavy (non-hydrogen) atoms. The van der Waals surface area contributed by atoms with E-state index in [-0.39, 0.29) is 17.5 Å². The Kier molecular flexibility index (Phi) is 7.16. The molecule has 2 N–H and O–H groups in total. The van der Waals surface area contributed by atoms with E-state index in [0.29, 0.717) is 35.5 Å². The third-order valence-corrected chi connectivity index (χ3v) is 6.79. The zero-order valence-electron chi connectivity index (χ0n) is 19.3. The number of thioether (sulfide) groups is 1. The standard InChI is InChI=1S/C24H27ClN4O4S/c1-23(2,3)33-22(31)28-21-29-24(9-10-32-13-16(24)14-34-21)15-5-4-6-18(11-15)27-20(30)19-8-7-17(25)12-26-19/h4-8,11-12,16H,9-10,13-14H2,1-3H3,(H,27,30)(H,28,29,31)/t16-,24+/m0/s1. The van der Waals surface area contributed by atoms with E-state index in [1.807, 2.05) is 45.0 Å². The minimum absolute atomic E-state index is 0.124. The summed E-state index contributed by atoms with van der Waals surface area (Å²) < 4.78 is 11.1. The summed E-state index contributed by atoms with van der Waals surface area (Å²) in [5, 5.41) is 6.68. The molecule has 2 atom stereocenters. The molecule has 0 saturated carbocycles. The van der Waals surface area contributed by atoms with Crippen molar-refractivity contribution in [2.75, 3.05) is 24.3 Å². The number of benzene rings is 1. The van der Waals surface area contributed by atoms with Crippen LogP contribution in [-0.2, 0) is 15.0 Å². The molecule has 1 aromatic carbocycles. The Labute approximate surface area is 207 Å². The van der Waals surface area contributed by atoms with Crippen molar-refractivity contribution < 1.29 is 19.1 Å². The number of halogens is 1. The molecule has 0 unspecified atom stereocenters. The number of amides is 2. The Morgan fingerprint density at radius 2 is 2.06 bits per heavy atom. The minimum Gasteiger partial charge on any atom is -0.444 e. The summed E-state index contributed by atoms with van der Waals surface area (Å²) in [5.41, 5.74) is 0.676. The average Bonchev–Trinajstić information content (AvgIpc) is 2.78. The fourth-order valence-electron chi connectivity index (χ4n) is 3.99. The molecular weight excluding hydrogens is 476 g/mol. The number of aliphatic imine (C=N–C) groups is 1. The fourth-order valence-corrected chi connectivity index (χ4v) is 5.22. The van der Waals surface area contributed by atoms with Gasteiger partial charge in [0.2, 0.25) is 0 Å². The molecule has 0 radical (unpaired) electrons. The molecule has 0 aliphatic carbocycles. The van der Waals surface area contributed by atoms with Crippen LogP contribution in [0.25, 0.3) is 0 Å². The van der Waals surface area contributed by atoms with Crippen molar-refractivity contribution in [1.82, 2.24) is 10.3 Å². The van der Waals surface area contributed by atoms with Gasteiger partial charge in [-0.3, -0.25) is 15.1 Å². The summed E-state index contributed by atoms with van der Waals surface area (Å²) in [5.74, 6) is 0.532. The lowest BCUT2D eigenvalue weighted by Crippen LogP contribution is -2.48. The van der Waals surface area contributed by atoms with Crippen molar-refractivity contribution in [2.45, 2.75) is 38.3 Å². The SMILES string of the molecule is CC(C)(C)OC(=O)NC1=N[C@@]2(c3cccc(NC(=O)c4ccc(Cl)cn4)c3)CCOC[C@H]2CS1. The van der Waals surface area contributed by atoms with Gasteiger partial charge in [-0.1, -0.05) is 35.5 Å². The largest absolute Gasteiger partial charge is 0.444 e. The number of carbonyl (C=O) groups excluding carboxylic acids is 2. The van der Waals surface area contributed by atoms with E-state index in [9.17, 15) is 9.59 Å². The number of ether oxygens (including phenoxy) is 2. The molecule has 0 spiro atoms. The second-order valence-corrected chi connectivity index (χ2v) is 10.6. The van der Waals surface area contributed by atoms with Crippen molar-refractivity contribution in [3.63, 3.8) is 0 Å². The summed E-state index contributed by atoms with van der Waals surface area (Å²) in [6.07, 6.45) is 1.57. The molecule has 0 bridgehead atoms. The molecule has 1 fully saturated rings. The number of carbonyl (C=O) groups is 2. The topological polar surface area (TPSA) is 102 Å². The summed E-state index contributed by atoms with van der Waals surface area (Å²) in [6.45, 7) is 6.57. The summed E-state index contributed by atoms with van der Waals surface area (Å²) >= 11 is 7.35. The maximum Gasteiger partial charge on any atom is 0.413 e. The molecule has 8 nitrogen and oxygen atoms in total. The number of rotatable bonds is 3. The number of hydrogen-bond donors (Lipinski definition) is 2. The molecule has 2 aliphatic rings. The number of pyridine rings is 1. The van der Waals surface area contributed by atoms with Gasteiger partial charge in [0.25, 0.3) is 5.91 Å². The molecule has 180 valence electrons. The maximum atomic E-state index is 12.7. The highest BCUT2D eigenvalue weighted by atomic mass is 35.5. The van der Waals surface area contributed by atoms with Crippen molar-refractivity contribution in [2.24, 2.45) is 10.9 Å². The number of anilines is 1. The average molecular weight is 503 g/mol. The molecule has 10 heteroatoms. The molecule has 1 saturated heterocycles. The number of nitrogens with one attached hydrogen (secondary N) is 2. The van der Waals surface area contributed by atoms with Gasteiger partial charge in [-0.2, -0.15) is 0 Å². The van der Waals surface area contributed by atoms with Gasteiger partial charge >= 0.3 is 6.09 Å². The number of nitrogens with zero attached hydrogens (tertiary/aromatic N) is 2. The normalized spacial score (nSPS) is 22.2. The minimum atomic E-state index is -0.603. The van der Waals surface area contributed by atoms with Gasteiger partial charge in [-0.05, 0) is 50.6 Å². The highest BCUT2D eigenvalue weighted by Crippen LogP contribution is 2.45. The zero-order valence-corrected chi connectivity index (χ0v) is 20.8. The van der Waals surface area contributed by atoms with Gasteiger partial charge in [-0.25, -0.2) is 9.78 Å². The van der Waals surface area contributed by atoms with Crippen LogP contribution in [-0.4, -0.2) is 46.7 Å². The van der Waals surface area contributed by atoms with Gasteiger partial charge in [0, 0.05) is 36.6 Å². The van der Waals surface area contributed by atoms with E-state index >= 15 is 0 Å². The first-order valence-electron chi connectivity index (χ1n) is 11.0. The van der Waals surface area contributed by atoms with Crippen LogP contribution in [0.4, 0.5) is 10.5 Å². The van der Waals surface area contributed by atoms with E-state index in [1.54, 1.807) is 12.1 Å². The number of fused-ring (bicyclic) bond motifs is 1. The van der Waals surface area contributed by atoms with Crippen molar-refractivity contribution in [3.05, 3.63) is 58.9 Å². The smallest absolute Gasteiger partial charge is 0.413 e. The molecule has 3 heterocycles. The third-order valence-electron chi connectivity index (χ3n) is 5.53. The van der Waals surface area contributed by atoms with E-state index in [4.69, 9.17) is 26.1 Å². The molecule has 2 aromatic rings. The van der Waals surface area contributed by atoms with Crippen LogP contribution in [0.15, 0.2) is 47.6 Å². The first-order chi connectivity index (χ1) is 16.1. The quantitative estimate of drug-likeness (QED) is 0.622. The van der Waals surface area contributed by atoms with Crippen LogP contribution in [0.3, 0.4) is 0 Å². The van der Waals surface area contributed by atoms with Gasteiger partial charge in [0.05, 0.1) is 17.2 Å². The second kappa shape index (κ2) is 9.93. The fraction of sp³-hybridized carbons (Fsp3) is 0.417. The van der Waals surface area contributed by atoms with Crippen LogP contribution in [0, 0.1) is 5.92 Å². The number of alkyl carbamates (subject to hydrolysis) is 1. The van der Waals surface area contributed by atoms with E-state index in [1.165, 1.54) is 18.0 Å². The highest BCUT2D eigenvalue weighted by molar-refractivity contribution is 8.13. The molecule has 2 amide bonds. The summed E-state index contributed by atoms with van der Waals surface area (Å²) in [4.78, 5) is 34.1. The number of amidine groups is 1. The third kappa shape index (κ3) is 5.71. The van der Waals surface area contributed by atoms with E-state index < -0.39 is 17.2 Å². The maximum absolute atomic E-state index is 12.7. The Hall–Kier alpha value is -2.62. The molecule has 4 rings (SSSR count). The van der Waals surface area contributed by atoms with E-state index in [2.05, 4.69) is 15.6 Å². The predicted octanol–water partition coefficient (Wildman–Crippen LogP) is 4.85. The monoisotopic (exact) mass is 502 g/mol. The van der Waals surface area contributed by atoms with Crippen LogP contribution >= 0.6 is 23.4 Å². The van der Waals surface area contributed by atoms with Gasteiger partial charge in [-0.15, -0.1) is 0 Å². The van der Waals surface area contributed by atoms with Gasteiger partial charge in [0.15, 0.2) is 5.17 Å². The highest BCUT2D eigenvalue weighted by Gasteiger charge is 2.46. The van der Waals surface area contributed by atoms with Crippen molar-refractivity contribution >= 4 is 46.2 Å². The zero-order chi connectivity index (χ0) is 24.3. The van der Waals surface area contributed by atoms with Crippen LogP contribution in [0.5, 0.6) is 0 Å². The Balaban J connectivity index is 1.60. The first-order valence-corrected chi connectivity index (χ1v) is 12.3. The lowest BCUT2D eigenvalue weighted by atomic mass is 9.75. The molecule has 1 aromatic heterocycles. The Morgan fingerprint density at radius 1 is 1.24 bits per heavy atom. The molecule has 2 aliphatic heterocycles. The summed E-state index contributed by atoms with van der Waals surface area (Å²) in [6, 6.07) is 10.8. The van der Waals surface area contributed by atoms with Crippen LogP contribution in [0.2, 0.25) is 5.02 Å². The van der Waals surface area contributed by atoms with Crippen LogP contribution < -0.4 is 10.6 Å². The number of hydrogen-bond acceptors (Lipinski definition) is 7. The first kappa shape index (κ1) is 24.5. The lowest BCUT2D eigenvalue weighted by molar-refractivity contribution is 0.00992. The second-order valence-electron chi connectivity index (χ2n) is 9.20. The van der Waals surface area contributed by atoms with Crippen LogP contribution in [0.1, 0.15) is 43.2 Å². The van der Waals surface area contributed by atoms with E-state index in [0.717, 1.165) is 11.3 Å². The van der Waals surface area contributed by atoms with Gasteiger partial charge < -0.3 is 14.8 Å². The Morgan fingerprint density at radius 3 is 2.79 bits per heavy atom. The van der Waals surface area contributed by atoms with Gasteiger partial charge in [0.1, 0.15) is 11.3 Å². The number of aromatic nitrogens is 1. The predicted molar refractivity (Wildman–Crippen MR) is 134 cm³/mol. The molecular formula is C24H27ClN4O4S. The Bertz CT molecular complexity index is 1100. The summed E-state index contributed by atoms with van der Waals surface area (Å²) in [7, 11) is 0. The van der Waals surface area contributed by atoms with Crippen molar-refractivity contribution in [3.8, 4) is 0 Å². The lowest BCUT2D eigenvalue weighted by Gasteiger charge is -2.44. The van der Waals surface area contributed by atoms with Crippen molar-refractivity contribution in [1.29, 1.82) is 0 Å².